The van der Waals surface area contributed by atoms with Gasteiger partial charge in [0.25, 0.3) is 0 Å². The van der Waals surface area contributed by atoms with Crippen LogP contribution < -0.4 is 10.2 Å². The van der Waals surface area contributed by atoms with Gasteiger partial charge in [-0.3, -0.25) is 14.4 Å². The fourth-order valence-corrected chi connectivity index (χ4v) is 3.82. The lowest BCUT2D eigenvalue weighted by Gasteiger charge is -2.28. The highest BCUT2D eigenvalue weighted by molar-refractivity contribution is 6.08. The smallest absolute Gasteiger partial charge is 0.325 e. The van der Waals surface area contributed by atoms with E-state index in [1.54, 1.807) is 11.9 Å². The van der Waals surface area contributed by atoms with Crippen LogP contribution in [-0.4, -0.2) is 38.5 Å². The Morgan fingerprint density at radius 1 is 1.07 bits per heavy atom. The van der Waals surface area contributed by atoms with Crippen LogP contribution in [0.25, 0.3) is 0 Å². The molecule has 0 aliphatic carbocycles. The van der Waals surface area contributed by atoms with Gasteiger partial charge in [0.1, 0.15) is 6.54 Å². The van der Waals surface area contributed by atoms with Gasteiger partial charge in [-0.2, -0.15) is 0 Å². The number of likely N-dealkylation sites (N-methyl/N-ethyl adjacent to an activating group) is 1. The average molecular weight is 380 g/mol. The van der Waals surface area contributed by atoms with Crippen molar-refractivity contribution in [2.45, 2.75) is 24.7 Å². The number of anilines is 1. The van der Waals surface area contributed by atoms with Crippen molar-refractivity contribution >= 4 is 23.5 Å². The Bertz CT molecular complexity index is 881. The first-order chi connectivity index (χ1) is 13.5. The largest absolute Gasteiger partial charge is 0.468 e. The van der Waals surface area contributed by atoms with Gasteiger partial charge in [-0.05, 0) is 30.0 Å². The molecule has 0 saturated heterocycles. The van der Waals surface area contributed by atoms with E-state index in [0.29, 0.717) is 12.8 Å². The highest BCUT2D eigenvalue weighted by Crippen LogP contribution is 2.46. The van der Waals surface area contributed by atoms with Gasteiger partial charge in [0, 0.05) is 19.2 Å². The minimum Gasteiger partial charge on any atom is -0.468 e. The Balaban J connectivity index is 1.87. The summed E-state index contributed by atoms with van der Waals surface area (Å²) in [5.41, 5.74) is 2.04. The van der Waals surface area contributed by atoms with E-state index in [-0.39, 0.29) is 24.8 Å². The fraction of sp³-hybridized carbons (Fsp3) is 0.318. The standard InChI is InChI=1S/C22H24N2O4/c1-24-18-11-7-6-10-17(18)22(21(24)27,14-16-8-4-3-5-9-16)13-12-19(25)23-15-20(26)28-2/h3-11H,12-15H2,1-2H3,(H,23,25). The van der Waals surface area contributed by atoms with Crippen molar-refractivity contribution in [2.24, 2.45) is 0 Å². The summed E-state index contributed by atoms with van der Waals surface area (Å²) in [6.45, 7) is -0.175. The van der Waals surface area contributed by atoms with E-state index >= 15 is 0 Å². The molecule has 6 heteroatoms. The highest BCUT2D eigenvalue weighted by atomic mass is 16.5. The molecule has 0 aromatic heterocycles. The second-order valence-corrected chi connectivity index (χ2v) is 6.98. The quantitative estimate of drug-likeness (QED) is 0.748. The van der Waals surface area contributed by atoms with Crippen LogP contribution in [0.1, 0.15) is 24.0 Å². The number of nitrogens with one attached hydrogen (secondary N) is 1. The molecule has 0 fully saturated rings. The van der Waals surface area contributed by atoms with Crippen molar-refractivity contribution in [2.75, 3.05) is 25.6 Å². The summed E-state index contributed by atoms with van der Waals surface area (Å²) >= 11 is 0. The van der Waals surface area contributed by atoms with E-state index in [1.165, 1.54) is 7.11 Å². The molecular formula is C22H24N2O4. The number of ether oxygens (including phenoxy) is 1. The van der Waals surface area contributed by atoms with Crippen LogP contribution in [0.3, 0.4) is 0 Å². The monoisotopic (exact) mass is 380 g/mol. The van der Waals surface area contributed by atoms with Gasteiger partial charge in [-0.25, -0.2) is 0 Å². The van der Waals surface area contributed by atoms with E-state index in [1.807, 2.05) is 54.6 Å². The molecule has 1 aliphatic heterocycles. The molecule has 1 heterocycles. The predicted molar refractivity (Wildman–Crippen MR) is 106 cm³/mol. The van der Waals surface area contributed by atoms with Crippen molar-refractivity contribution in [3.8, 4) is 0 Å². The van der Waals surface area contributed by atoms with Crippen molar-refractivity contribution in [3.63, 3.8) is 0 Å². The maximum atomic E-state index is 13.3. The normalized spacial score (nSPS) is 17.9. The highest BCUT2D eigenvalue weighted by Gasteiger charge is 2.49. The zero-order chi connectivity index (χ0) is 20.1. The third-order valence-electron chi connectivity index (χ3n) is 5.28. The van der Waals surface area contributed by atoms with Crippen LogP contribution >= 0.6 is 0 Å². The molecule has 0 saturated carbocycles. The van der Waals surface area contributed by atoms with Crippen molar-refractivity contribution < 1.29 is 19.1 Å². The third kappa shape index (κ3) is 3.76. The zero-order valence-corrected chi connectivity index (χ0v) is 16.1. The molecule has 2 aromatic carbocycles. The van der Waals surface area contributed by atoms with Gasteiger partial charge in [0.2, 0.25) is 11.8 Å². The van der Waals surface area contributed by atoms with Crippen LogP contribution in [0.4, 0.5) is 5.69 Å². The zero-order valence-electron chi connectivity index (χ0n) is 16.1. The van der Waals surface area contributed by atoms with Crippen molar-refractivity contribution in [1.29, 1.82) is 0 Å². The molecule has 0 spiro atoms. The minimum absolute atomic E-state index is 0.0154. The van der Waals surface area contributed by atoms with E-state index in [2.05, 4.69) is 10.1 Å². The lowest BCUT2D eigenvalue weighted by molar-refractivity contribution is -0.141. The number of para-hydroxylation sites is 1. The number of fused-ring (bicyclic) bond motifs is 1. The molecule has 1 aliphatic rings. The second kappa shape index (κ2) is 8.25. The number of esters is 1. The predicted octanol–water partition coefficient (Wildman–Crippen LogP) is 2.21. The molecule has 1 unspecified atom stereocenters. The van der Waals surface area contributed by atoms with Gasteiger partial charge in [0.05, 0.1) is 12.5 Å². The Morgan fingerprint density at radius 3 is 2.46 bits per heavy atom. The number of carbonyl (C=O) groups is 3. The molecule has 0 radical (unpaired) electrons. The Hall–Kier alpha value is -3.15. The van der Waals surface area contributed by atoms with Crippen LogP contribution in [-0.2, 0) is 31.0 Å². The number of carbonyl (C=O) groups excluding carboxylic acids is 3. The van der Waals surface area contributed by atoms with E-state index < -0.39 is 11.4 Å². The fourth-order valence-electron chi connectivity index (χ4n) is 3.82. The summed E-state index contributed by atoms with van der Waals surface area (Å²) in [6.07, 6.45) is 1.01. The number of nitrogens with zero attached hydrogens (tertiary/aromatic N) is 1. The number of rotatable bonds is 7. The molecule has 146 valence electrons. The number of benzene rings is 2. The van der Waals surface area contributed by atoms with E-state index in [4.69, 9.17) is 0 Å². The summed E-state index contributed by atoms with van der Waals surface area (Å²) in [6, 6.07) is 17.5. The second-order valence-electron chi connectivity index (χ2n) is 6.98. The first-order valence-corrected chi connectivity index (χ1v) is 9.23. The van der Waals surface area contributed by atoms with E-state index in [9.17, 15) is 14.4 Å². The first-order valence-electron chi connectivity index (χ1n) is 9.23. The Kier molecular flexibility index (Phi) is 5.78. The number of amides is 2. The molecule has 3 rings (SSSR count). The summed E-state index contributed by atoms with van der Waals surface area (Å²) < 4.78 is 4.54. The van der Waals surface area contributed by atoms with Gasteiger partial charge < -0.3 is 15.0 Å². The lowest BCUT2D eigenvalue weighted by atomic mass is 9.73. The SMILES string of the molecule is COC(=O)CNC(=O)CCC1(Cc2ccccc2)C(=O)N(C)c2ccccc21. The van der Waals surface area contributed by atoms with Crippen molar-refractivity contribution in [1.82, 2.24) is 5.32 Å². The molecule has 0 bridgehead atoms. The molecule has 6 nitrogen and oxygen atoms in total. The average Bonchev–Trinajstić information content (AvgIpc) is 2.93. The van der Waals surface area contributed by atoms with Gasteiger partial charge in [-0.1, -0.05) is 48.5 Å². The van der Waals surface area contributed by atoms with Gasteiger partial charge >= 0.3 is 5.97 Å². The van der Waals surface area contributed by atoms with Gasteiger partial charge in [0.15, 0.2) is 0 Å². The van der Waals surface area contributed by atoms with Gasteiger partial charge in [-0.15, -0.1) is 0 Å². The Morgan fingerprint density at radius 2 is 1.75 bits per heavy atom. The van der Waals surface area contributed by atoms with Crippen LogP contribution in [0.2, 0.25) is 0 Å². The Labute approximate surface area is 164 Å². The molecule has 28 heavy (non-hydrogen) atoms. The van der Waals surface area contributed by atoms with Crippen LogP contribution in [0, 0.1) is 0 Å². The van der Waals surface area contributed by atoms with Crippen LogP contribution in [0.5, 0.6) is 0 Å². The molecule has 2 amide bonds. The minimum atomic E-state index is -0.810. The molecule has 1 atom stereocenters. The summed E-state index contributed by atoms with van der Waals surface area (Å²) in [5.74, 6) is -0.801. The topological polar surface area (TPSA) is 75.7 Å². The summed E-state index contributed by atoms with van der Waals surface area (Å²) in [7, 11) is 3.04. The number of methoxy groups -OCH3 is 1. The van der Waals surface area contributed by atoms with Crippen molar-refractivity contribution in [3.05, 3.63) is 65.7 Å². The lowest BCUT2D eigenvalue weighted by Crippen LogP contribution is -2.42. The summed E-state index contributed by atoms with van der Waals surface area (Å²) in [5, 5.41) is 2.55. The third-order valence-corrected chi connectivity index (χ3v) is 5.28. The summed E-state index contributed by atoms with van der Waals surface area (Å²) in [4.78, 5) is 38.5. The first kappa shape index (κ1) is 19.6. The molecular weight excluding hydrogens is 356 g/mol. The maximum Gasteiger partial charge on any atom is 0.325 e. The van der Waals surface area contributed by atoms with Crippen LogP contribution in [0.15, 0.2) is 54.6 Å². The molecule has 1 N–H and O–H groups in total. The maximum absolute atomic E-state index is 13.3. The van der Waals surface area contributed by atoms with E-state index in [0.717, 1.165) is 16.8 Å². The number of hydrogen-bond acceptors (Lipinski definition) is 4. The number of hydrogen-bond donors (Lipinski definition) is 1. The molecule has 2 aromatic rings.